The van der Waals surface area contributed by atoms with Gasteiger partial charge in [-0.3, -0.25) is 4.79 Å². The van der Waals surface area contributed by atoms with E-state index >= 15 is 0 Å². The summed E-state index contributed by atoms with van der Waals surface area (Å²) in [6, 6.07) is 4.35. The molecule has 1 atom stereocenters. The summed E-state index contributed by atoms with van der Waals surface area (Å²) < 4.78 is 27.3. The van der Waals surface area contributed by atoms with Crippen LogP contribution in [-0.2, 0) is 9.84 Å². The number of nitrogen functional groups attached to an aromatic ring is 1. The molecule has 19 heavy (non-hydrogen) atoms. The first kappa shape index (κ1) is 15.3. The van der Waals surface area contributed by atoms with Crippen LogP contribution < -0.4 is 15.8 Å². The van der Waals surface area contributed by atoms with E-state index in [4.69, 9.17) is 10.5 Å². The average Bonchev–Trinajstić information content (AvgIpc) is 2.26. The molecule has 0 bridgehead atoms. The van der Waals surface area contributed by atoms with Crippen molar-refractivity contribution in [2.75, 3.05) is 24.9 Å². The summed E-state index contributed by atoms with van der Waals surface area (Å²) in [4.78, 5) is 12.0. The van der Waals surface area contributed by atoms with Crippen molar-refractivity contribution in [2.24, 2.45) is 0 Å². The number of hydrogen-bond acceptors (Lipinski definition) is 5. The zero-order valence-electron chi connectivity index (χ0n) is 11.1. The van der Waals surface area contributed by atoms with Crippen molar-refractivity contribution < 1.29 is 17.9 Å². The highest BCUT2D eigenvalue weighted by Gasteiger charge is 2.17. The first-order valence-electron chi connectivity index (χ1n) is 5.65. The third kappa shape index (κ3) is 4.44. The number of carbonyl (C=O) groups excluding carboxylic acids is 1. The number of carbonyl (C=O) groups is 1. The second-order valence-corrected chi connectivity index (χ2v) is 6.57. The molecule has 1 aromatic rings. The molecule has 0 fully saturated rings. The predicted octanol–water partition coefficient (Wildman–Crippen LogP) is 0.440. The van der Waals surface area contributed by atoms with E-state index in [1.54, 1.807) is 25.1 Å². The Hall–Kier alpha value is -1.76. The summed E-state index contributed by atoms with van der Waals surface area (Å²) in [5, 5.41) is 2.59. The summed E-state index contributed by atoms with van der Waals surface area (Å²) in [6.45, 7) is 1.62. The Bertz CT molecular complexity index is 569. The summed E-state index contributed by atoms with van der Waals surface area (Å²) in [7, 11) is -1.69. The standard InChI is InChI=1S/C12H18N2O4S/c1-8(7-19(3,16)17)14-12(15)9-5-4-6-10(18-2)11(9)13/h4-6,8H,7,13H2,1-3H3,(H,14,15). The van der Waals surface area contributed by atoms with Crippen molar-refractivity contribution >= 4 is 21.4 Å². The molecule has 106 valence electrons. The van der Waals surface area contributed by atoms with Crippen LogP contribution in [0, 0.1) is 0 Å². The molecule has 0 aromatic heterocycles. The van der Waals surface area contributed by atoms with Gasteiger partial charge >= 0.3 is 0 Å². The number of amides is 1. The molecule has 1 aromatic carbocycles. The Morgan fingerprint density at radius 1 is 1.47 bits per heavy atom. The topological polar surface area (TPSA) is 98.5 Å². The van der Waals surface area contributed by atoms with E-state index in [-0.39, 0.29) is 17.0 Å². The van der Waals surface area contributed by atoms with Gasteiger partial charge in [0.1, 0.15) is 15.6 Å². The van der Waals surface area contributed by atoms with Crippen molar-refractivity contribution in [2.45, 2.75) is 13.0 Å². The van der Waals surface area contributed by atoms with Crippen molar-refractivity contribution in [3.8, 4) is 5.75 Å². The molecule has 0 heterocycles. The van der Waals surface area contributed by atoms with Gasteiger partial charge in [0.25, 0.3) is 5.91 Å². The molecule has 0 aliphatic carbocycles. The van der Waals surface area contributed by atoms with Gasteiger partial charge in [-0.15, -0.1) is 0 Å². The van der Waals surface area contributed by atoms with Gasteiger partial charge in [0.15, 0.2) is 0 Å². The summed E-state index contributed by atoms with van der Waals surface area (Å²) in [5.41, 5.74) is 6.29. The highest BCUT2D eigenvalue weighted by atomic mass is 32.2. The zero-order chi connectivity index (χ0) is 14.6. The smallest absolute Gasteiger partial charge is 0.253 e. The van der Waals surface area contributed by atoms with E-state index in [9.17, 15) is 13.2 Å². The van der Waals surface area contributed by atoms with Gasteiger partial charge in [-0.05, 0) is 19.1 Å². The zero-order valence-corrected chi connectivity index (χ0v) is 12.0. The largest absolute Gasteiger partial charge is 0.495 e. The normalized spacial score (nSPS) is 12.8. The van der Waals surface area contributed by atoms with Gasteiger partial charge in [-0.2, -0.15) is 0 Å². The Labute approximate surface area is 112 Å². The van der Waals surface area contributed by atoms with E-state index < -0.39 is 21.8 Å². The number of rotatable bonds is 5. The Kier molecular flexibility index (Phi) is 4.77. The molecular formula is C12H18N2O4S. The lowest BCUT2D eigenvalue weighted by Crippen LogP contribution is -2.37. The molecule has 7 heteroatoms. The predicted molar refractivity (Wildman–Crippen MR) is 74.0 cm³/mol. The van der Waals surface area contributed by atoms with Gasteiger partial charge in [0, 0.05) is 12.3 Å². The lowest BCUT2D eigenvalue weighted by Gasteiger charge is -2.14. The van der Waals surface area contributed by atoms with E-state index in [1.165, 1.54) is 7.11 Å². The molecule has 0 spiro atoms. The number of nitrogens with one attached hydrogen (secondary N) is 1. The maximum atomic E-state index is 12.0. The third-order valence-corrected chi connectivity index (χ3v) is 3.57. The van der Waals surface area contributed by atoms with Crippen LogP contribution in [0.4, 0.5) is 5.69 Å². The molecule has 0 saturated heterocycles. The van der Waals surface area contributed by atoms with Crippen LogP contribution in [0.5, 0.6) is 5.75 Å². The quantitative estimate of drug-likeness (QED) is 0.765. The second kappa shape index (κ2) is 5.92. The molecule has 1 unspecified atom stereocenters. The lowest BCUT2D eigenvalue weighted by molar-refractivity contribution is 0.0944. The number of anilines is 1. The van der Waals surface area contributed by atoms with Crippen LogP contribution in [-0.4, -0.2) is 39.5 Å². The van der Waals surface area contributed by atoms with Gasteiger partial charge in [-0.1, -0.05) is 6.07 Å². The SMILES string of the molecule is COc1cccc(C(=O)NC(C)CS(C)(=O)=O)c1N. The van der Waals surface area contributed by atoms with Crippen LogP contribution in [0.2, 0.25) is 0 Å². The number of para-hydroxylation sites is 1. The maximum absolute atomic E-state index is 12.0. The van der Waals surface area contributed by atoms with Crippen LogP contribution in [0.15, 0.2) is 18.2 Å². The summed E-state index contributed by atoms with van der Waals surface area (Å²) in [6.07, 6.45) is 1.12. The molecule has 0 saturated carbocycles. The van der Waals surface area contributed by atoms with Crippen molar-refractivity contribution in [3.63, 3.8) is 0 Å². The lowest BCUT2D eigenvalue weighted by atomic mass is 10.1. The fourth-order valence-corrected chi connectivity index (χ4v) is 2.71. The third-order valence-electron chi connectivity index (χ3n) is 2.46. The molecule has 0 aliphatic heterocycles. The Balaban J connectivity index is 2.84. The minimum atomic E-state index is -3.14. The number of sulfone groups is 1. The second-order valence-electron chi connectivity index (χ2n) is 4.39. The van der Waals surface area contributed by atoms with E-state index in [2.05, 4.69) is 5.32 Å². The Morgan fingerprint density at radius 2 is 2.11 bits per heavy atom. The van der Waals surface area contributed by atoms with Crippen LogP contribution in [0.1, 0.15) is 17.3 Å². The van der Waals surface area contributed by atoms with Crippen molar-refractivity contribution in [3.05, 3.63) is 23.8 Å². The molecule has 6 nitrogen and oxygen atoms in total. The molecule has 0 aliphatic rings. The van der Waals surface area contributed by atoms with Gasteiger partial charge in [0.2, 0.25) is 0 Å². The highest BCUT2D eigenvalue weighted by molar-refractivity contribution is 7.90. The Morgan fingerprint density at radius 3 is 2.63 bits per heavy atom. The highest BCUT2D eigenvalue weighted by Crippen LogP contribution is 2.24. The van der Waals surface area contributed by atoms with Gasteiger partial charge in [-0.25, -0.2) is 8.42 Å². The van der Waals surface area contributed by atoms with Crippen molar-refractivity contribution in [1.29, 1.82) is 0 Å². The van der Waals surface area contributed by atoms with Crippen molar-refractivity contribution in [1.82, 2.24) is 5.32 Å². The number of ether oxygens (including phenoxy) is 1. The summed E-state index contributed by atoms with van der Waals surface area (Å²) in [5.74, 6) is -0.140. The van der Waals surface area contributed by atoms with E-state index in [0.29, 0.717) is 5.75 Å². The van der Waals surface area contributed by atoms with E-state index in [1.807, 2.05) is 0 Å². The van der Waals surface area contributed by atoms with Crippen LogP contribution in [0.3, 0.4) is 0 Å². The first-order chi connectivity index (χ1) is 8.74. The number of nitrogens with two attached hydrogens (primary N) is 1. The van der Waals surface area contributed by atoms with Crippen LogP contribution in [0.25, 0.3) is 0 Å². The number of hydrogen-bond donors (Lipinski definition) is 2. The van der Waals surface area contributed by atoms with Gasteiger partial charge < -0.3 is 15.8 Å². The molecule has 3 N–H and O–H groups in total. The van der Waals surface area contributed by atoms with E-state index in [0.717, 1.165) is 6.26 Å². The minimum absolute atomic E-state index is 0.122. The van der Waals surface area contributed by atoms with Crippen LogP contribution >= 0.6 is 0 Å². The number of benzene rings is 1. The minimum Gasteiger partial charge on any atom is -0.495 e. The molecule has 1 rings (SSSR count). The molecular weight excluding hydrogens is 268 g/mol. The van der Waals surface area contributed by atoms with Gasteiger partial charge in [0.05, 0.1) is 24.1 Å². The molecule has 1 amide bonds. The maximum Gasteiger partial charge on any atom is 0.253 e. The fraction of sp³-hybridized carbons (Fsp3) is 0.417. The molecule has 0 radical (unpaired) electrons. The monoisotopic (exact) mass is 286 g/mol. The fourth-order valence-electron chi connectivity index (χ4n) is 1.72. The summed E-state index contributed by atoms with van der Waals surface area (Å²) >= 11 is 0. The first-order valence-corrected chi connectivity index (χ1v) is 7.71. The number of methoxy groups -OCH3 is 1. The average molecular weight is 286 g/mol.